The standard InChI is InChI=1S/C20H16N2O2S/c23-20(21-13-16-7-4-10-25-16)15-8-9-17-18(12-15)24-19(22-17)11-14-5-2-1-3-6-14/h1-10,12H,11,13H2,(H,21,23). The number of nitrogens with zero attached hydrogens (tertiary/aromatic N) is 1. The molecular weight excluding hydrogens is 332 g/mol. The van der Waals surface area contributed by atoms with Gasteiger partial charge in [0, 0.05) is 16.9 Å². The van der Waals surface area contributed by atoms with Crippen LogP contribution in [0.3, 0.4) is 0 Å². The monoisotopic (exact) mass is 348 g/mol. The summed E-state index contributed by atoms with van der Waals surface area (Å²) in [5, 5.41) is 4.92. The number of nitrogens with one attached hydrogen (secondary N) is 1. The van der Waals surface area contributed by atoms with E-state index in [4.69, 9.17) is 4.42 Å². The molecule has 2 aromatic heterocycles. The fourth-order valence-corrected chi connectivity index (χ4v) is 3.29. The number of oxazole rings is 1. The van der Waals surface area contributed by atoms with Gasteiger partial charge in [0.1, 0.15) is 5.52 Å². The summed E-state index contributed by atoms with van der Waals surface area (Å²) in [7, 11) is 0. The van der Waals surface area contributed by atoms with E-state index in [9.17, 15) is 4.79 Å². The zero-order valence-corrected chi connectivity index (χ0v) is 14.3. The molecule has 0 aliphatic carbocycles. The maximum absolute atomic E-state index is 12.3. The van der Waals surface area contributed by atoms with Crippen molar-refractivity contribution in [2.45, 2.75) is 13.0 Å². The SMILES string of the molecule is O=C(NCc1cccs1)c1ccc2nc(Cc3ccccc3)oc2c1. The minimum absolute atomic E-state index is 0.115. The van der Waals surface area contributed by atoms with Crippen LogP contribution in [0, 0.1) is 0 Å². The van der Waals surface area contributed by atoms with E-state index in [0.29, 0.717) is 30.0 Å². The number of carbonyl (C=O) groups excluding carboxylic acids is 1. The Morgan fingerprint density at radius 2 is 1.96 bits per heavy atom. The molecule has 5 heteroatoms. The molecule has 2 aromatic carbocycles. The molecule has 4 aromatic rings. The van der Waals surface area contributed by atoms with Crippen LogP contribution in [-0.2, 0) is 13.0 Å². The summed E-state index contributed by atoms with van der Waals surface area (Å²) in [5.41, 5.74) is 3.12. The topological polar surface area (TPSA) is 55.1 Å². The van der Waals surface area contributed by atoms with Crippen molar-refractivity contribution >= 4 is 28.3 Å². The molecule has 1 amide bonds. The molecule has 0 saturated heterocycles. The average molecular weight is 348 g/mol. The number of thiophene rings is 1. The molecule has 0 bridgehead atoms. The highest BCUT2D eigenvalue weighted by Crippen LogP contribution is 2.19. The van der Waals surface area contributed by atoms with Gasteiger partial charge >= 0.3 is 0 Å². The minimum Gasteiger partial charge on any atom is -0.440 e. The van der Waals surface area contributed by atoms with Crippen LogP contribution in [0.25, 0.3) is 11.1 Å². The predicted octanol–water partition coefficient (Wildman–Crippen LogP) is 4.41. The van der Waals surface area contributed by atoms with E-state index in [1.165, 1.54) is 0 Å². The van der Waals surface area contributed by atoms with E-state index >= 15 is 0 Å². The van der Waals surface area contributed by atoms with Gasteiger partial charge in [0.15, 0.2) is 11.5 Å². The van der Waals surface area contributed by atoms with Crippen LogP contribution in [0.2, 0.25) is 0 Å². The van der Waals surface area contributed by atoms with Crippen molar-refractivity contribution in [1.82, 2.24) is 10.3 Å². The second-order valence-corrected chi connectivity index (χ2v) is 6.75. The molecule has 0 fully saturated rings. The third-order valence-corrected chi connectivity index (χ3v) is 4.77. The van der Waals surface area contributed by atoms with Gasteiger partial charge in [-0.3, -0.25) is 4.79 Å². The molecule has 0 unspecified atom stereocenters. The predicted molar refractivity (Wildman–Crippen MR) is 98.7 cm³/mol. The molecule has 2 heterocycles. The zero-order valence-electron chi connectivity index (χ0n) is 13.4. The van der Waals surface area contributed by atoms with Crippen LogP contribution in [0.1, 0.15) is 26.7 Å². The zero-order chi connectivity index (χ0) is 17.1. The summed E-state index contributed by atoms with van der Waals surface area (Å²) < 4.78 is 5.82. The molecule has 0 aliphatic rings. The summed E-state index contributed by atoms with van der Waals surface area (Å²) in [6.07, 6.45) is 0.634. The van der Waals surface area contributed by atoms with Gasteiger partial charge in [0.2, 0.25) is 0 Å². The van der Waals surface area contributed by atoms with Gasteiger partial charge in [-0.15, -0.1) is 11.3 Å². The summed E-state index contributed by atoms with van der Waals surface area (Å²) in [5.74, 6) is 0.536. The van der Waals surface area contributed by atoms with Gasteiger partial charge in [0.25, 0.3) is 5.91 Å². The Labute approximate surface area is 149 Å². The molecule has 1 N–H and O–H groups in total. The molecule has 0 atom stereocenters. The van der Waals surface area contributed by atoms with Crippen LogP contribution in [0.4, 0.5) is 0 Å². The van der Waals surface area contributed by atoms with Crippen LogP contribution in [0.5, 0.6) is 0 Å². The first-order valence-corrected chi connectivity index (χ1v) is 8.90. The highest BCUT2D eigenvalue weighted by atomic mass is 32.1. The summed E-state index contributed by atoms with van der Waals surface area (Å²) in [4.78, 5) is 17.9. The molecule has 25 heavy (non-hydrogen) atoms. The molecule has 0 spiro atoms. The number of hydrogen-bond acceptors (Lipinski definition) is 4. The van der Waals surface area contributed by atoms with E-state index in [1.54, 1.807) is 23.5 Å². The van der Waals surface area contributed by atoms with Crippen molar-refractivity contribution < 1.29 is 9.21 Å². The van der Waals surface area contributed by atoms with Crippen LogP contribution < -0.4 is 5.32 Å². The molecule has 0 radical (unpaired) electrons. The number of carbonyl (C=O) groups is 1. The van der Waals surface area contributed by atoms with Crippen molar-refractivity contribution in [3.8, 4) is 0 Å². The summed E-state index contributed by atoms with van der Waals surface area (Å²) in [6, 6.07) is 19.4. The van der Waals surface area contributed by atoms with E-state index in [1.807, 2.05) is 53.9 Å². The van der Waals surface area contributed by atoms with Crippen LogP contribution >= 0.6 is 11.3 Å². The first-order valence-electron chi connectivity index (χ1n) is 8.02. The highest BCUT2D eigenvalue weighted by molar-refractivity contribution is 7.09. The van der Waals surface area contributed by atoms with Gasteiger partial charge in [0.05, 0.1) is 6.54 Å². The van der Waals surface area contributed by atoms with E-state index < -0.39 is 0 Å². The van der Waals surface area contributed by atoms with Crippen LogP contribution in [-0.4, -0.2) is 10.9 Å². The normalized spacial score (nSPS) is 10.9. The number of aromatic nitrogens is 1. The van der Waals surface area contributed by atoms with Gasteiger partial charge in [-0.1, -0.05) is 36.4 Å². The molecule has 0 saturated carbocycles. The van der Waals surface area contributed by atoms with Gasteiger partial charge < -0.3 is 9.73 Å². The summed E-state index contributed by atoms with van der Waals surface area (Å²) in [6.45, 7) is 0.532. The van der Waals surface area contributed by atoms with Gasteiger partial charge in [-0.2, -0.15) is 0 Å². The lowest BCUT2D eigenvalue weighted by atomic mass is 10.1. The number of fused-ring (bicyclic) bond motifs is 1. The molecule has 4 rings (SSSR count). The Kier molecular flexibility index (Phi) is 4.31. The van der Waals surface area contributed by atoms with E-state index in [0.717, 1.165) is 16.0 Å². The lowest BCUT2D eigenvalue weighted by Gasteiger charge is -2.03. The highest BCUT2D eigenvalue weighted by Gasteiger charge is 2.11. The quantitative estimate of drug-likeness (QED) is 0.581. The maximum atomic E-state index is 12.3. The second kappa shape index (κ2) is 6.91. The van der Waals surface area contributed by atoms with Crippen LogP contribution in [0.15, 0.2) is 70.5 Å². The van der Waals surface area contributed by atoms with Gasteiger partial charge in [-0.25, -0.2) is 4.98 Å². The Hall–Kier alpha value is -2.92. The largest absolute Gasteiger partial charge is 0.440 e. The number of hydrogen-bond donors (Lipinski definition) is 1. The van der Waals surface area contributed by atoms with Crippen molar-refractivity contribution in [2.24, 2.45) is 0 Å². The Morgan fingerprint density at radius 3 is 2.76 bits per heavy atom. The van der Waals surface area contributed by atoms with Crippen molar-refractivity contribution in [2.75, 3.05) is 0 Å². The van der Waals surface area contributed by atoms with Gasteiger partial charge in [-0.05, 0) is 35.2 Å². The second-order valence-electron chi connectivity index (χ2n) is 5.71. The third kappa shape index (κ3) is 3.61. The number of benzene rings is 2. The fourth-order valence-electron chi connectivity index (χ4n) is 2.64. The van der Waals surface area contributed by atoms with Crippen molar-refractivity contribution in [3.05, 3.63) is 87.9 Å². The van der Waals surface area contributed by atoms with E-state index in [-0.39, 0.29) is 5.91 Å². The van der Waals surface area contributed by atoms with Crippen molar-refractivity contribution in [1.29, 1.82) is 0 Å². The first kappa shape index (κ1) is 15.6. The third-order valence-electron chi connectivity index (χ3n) is 3.90. The Morgan fingerprint density at radius 1 is 1.08 bits per heavy atom. The van der Waals surface area contributed by atoms with E-state index in [2.05, 4.69) is 10.3 Å². The average Bonchev–Trinajstić information content (AvgIpc) is 3.29. The molecule has 0 aliphatic heterocycles. The molecule has 124 valence electrons. The first-order chi connectivity index (χ1) is 12.3. The smallest absolute Gasteiger partial charge is 0.251 e. The summed E-state index contributed by atoms with van der Waals surface area (Å²) >= 11 is 1.62. The lowest BCUT2D eigenvalue weighted by Crippen LogP contribution is -2.22. The molecule has 4 nitrogen and oxygen atoms in total. The number of rotatable bonds is 5. The fraction of sp³-hybridized carbons (Fsp3) is 0.100. The minimum atomic E-state index is -0.115. The number of amides is 1. The van der Waals surface area contributed by atoms with Crippen molar-refractivity contribution in [3.63, 3.8) is 0 Å². The maximum Gasteiger partial charge on any atom is 0.251 e. The lowest BCUT2D eigenvalue weighted by molar-refractivity contribution is 0.0951. The Balaban J connectivity index is 1.50. The Bertz CT molecular complexity index is 991. The molecular formula is C20H16N2O2S.